The van der Waals surface area contributed by atoms with Crippen LogP contribution in [0.2, 0.25) is 0 Å². The van der Waals surface area contributed by atoms with Gasteiger partial charge in [-0.15, -0.1) is 0 Å². The molecule has 20 heavy (non-hydrogen) atoms. The number of carbonyl (C=O) groups excluding carboxylic acids is 1. The van der Waals surface area contributed by atoms with Crippen molar-refractivity contribution >= 4 is 12.0 Å². The first-order valence-corrected chi connectivity index (χ1v) is 6.50. The maximum atomic E-state index is 12.7. The molecule has 4 nitrogen and oxygen atoms in total. The van der Waals surface area contributed by atoms with Crippen molar-refractivity contribution in [3.63, 3.8) is 0 Å². The van der Waals surface area contributed by atoms with Gasteiger partial charge in [-0.2, -0.15) is 0 Å². The molecule has 110 valence electrons. The summed E-state index contributed by atoms with van der Waals surface area (Å²) in [5.41, 5.74) is 0.782. The number of hydrogen-bond acceptors (Lipinski definition) is 3. The van der Waals surface area contributed by atoms with E-state index in [2.05, 4.69) is 5.32 Å². The Labute approximate surface area is 118 Å². The molecule has 0 aliphatic carbocycles. The van der Waals surface area contributed by atoms with Gasteiger partial charge in [0.15, 0.2) is 0 Å². The Kier molecular flexibility index (Phi) is 8.26. The van der Waals surface area contributed by atoms with Crippen LogP contribution in [0.15, 0.2) is 30.3 Å². The molecule has 0 spiro atoms. The monoisotopic (exact) mass is 281 g/mol. The van der Waals surface area contributed by atoms with Gasteiger partial charge in [0.2, 0.25) is 5.91 Å². The predicted octanol–water partition coefficient (Wildman–Crippen LogP) is 2.01. The molecule has 1 N–H and O–H groups in total. The lowest BCUT2D eigenvalue weighted by Gasteiger charge is -2.04. The van der Waals surface area contributed by atoms with Crippen molar-refractivity contribution in [2.75, 3.05) is 33.5 Å². The average Bonchev–Trinajstić information content (AvgIpc) is 2.46. The zero-order valence-corrected chi connectivity index (χ0v) is 11.6. The van der Waals surface area contributed by atoms with Crippen LogP contribution in [-0.2, 0) is 14.3 Å². The van der Waals surface area contributed by atoms with Gasteiger partial charge in [0, 0.05) is 26.3 Å². The van der Waals surface area contributed by atoms with Crippen molar-refractivity contribution < 1.29 is 18.7 Å². The molecule has 0 unspecified atom stereocenters. The average molecular weight is 281 g/mol. The SMILES string of the molecule is COCCOCCCNC(=O)/C=C/c1ccc(F)cc1. The fourth-order valence-corrected chi connectivity index (χ4v) is 1.43. The third-order valence-corrected chi connectivity index (χ3v) is 2.49. The Morgan fingerprint density at radius 2 is 2.00 bits per heavy atom. The molecule has 0 atom stereocenters. The molecular weight excluding hydrogens is 261 g/mol. The molecule has 0 fully saturated rings. The van der Waals surface area contributed by atoms with Crippen molar-refractivity contribution in [1.82, 2.24) is 5.32 Å². The van der Waals surface area contributed by atoms with Gasteiger partial charge in [0.05, 0.1) is 13.2 Å². The molecule has 1 amide bonds. The number of benzene rings is 1. The van der Waals surface area contributed by atoms with Crippen LogP contribution in [0.4, 0.5) is 4.39 Å². The van der Waals surface area contributed by atoms with Crippen LogP contribution >= 0.6 is 0 Å². The summed E-state index contributed by atoms with van der Waals surface area (Å²) in [6.07, 6.45) is 3.82. The van der Waals surface area contributed by atoms with E-state index in [9.17, 15) is 9.18 Å². The van der Waals surface area contributed by atoms with Gasteiger partial charge < -0.3 is 14.8 Å². The Bertz CT molecular complexity index is 418. The maximum absolute atomic E-state index is 12.7. The fourth-order valence-electron chi connectivity index (χ4n) is 1.43. The molecule has 0 saturated carbocycles. The molecule has 0 radical (unpaired) electrons. The summed E-state index contributed by atoms with van der Waals surface area (Å²) in [6.45, 7) is 2.28. The second-order valence-electron chi connectivity index (χ2n) is 4.13. The molecule has 0 aromatic heterocycles. The van der Waals surface area contributed by atoms with Crippen LogP contribution < -0.4 is 5.32 Å². The Balaban J connectivity index is 2.12. The van der Waals surface area contributed by atoms with Gasteiger partial charge in [0.1, 0.15) is 5.82 Å². The van der Waals surface area contributed by atoms with Crippen LogP contribution in [-0.4, -0.2) is 39.4 Å². The number of ether oxygens (including phenoxy) is 2. The standard InChI is InChI=1S/C15H20FNO3/c1-19-11-12-20-10-2-9-17-15(18)8-5-13-3-6-14(16)7-4-13/h3-8H,2,9-12H2,1H3,(H,17,18)/b8-5+. The van der Waals surface area contributed by atoms with Gasteiger partial charge in [-0.3, -0.25) is 4.79 Å². The van der Waals surface area contributed by atoms with E-state index in [1.54, 1.807) is 25.3 Å². The lowest BCUT2D eigenvalue weighted by atomic mass is 10.2. The van der Waals surface area contributed by atoms with Crippen LogP contribution in [0.3, 0.4) is 0 Å². The highest BCUT2D eigenvalue weighted by Gasteiger charge is 1.95. The highest BCUT2D eigenvalue weighted by atomic mass is 19.1. The number of nitrogens with one attached hydrogen (secondary N) is 1. The molecule has 0 aliphatic heterocycles. The third kappa shape index (κ3) is 7.66. The van der Waals surface area contributed by atoms with Crippen LogP contribution in [0.1, 0.15) is 12.0 Å². The summed E-state index contributed by atoms with van der Waals surface area (Å²) in [5, 5.41) is 2.74. The lowest BCUT2D eigenvalue weighted by molar-refractivity contribution is -0.116. The summed E-state index contributed by atoms with van der Waals surface area (Å²) < 4.78 is 22.8. The van der Waals surface area contributed by atoms with Crippen molar-refractivity contribution in [3.8, 4) is 0 Å². The van der Waals surface area contributed by atoms with E-state index in [-0.39, 0.29) is 11.7 Å². The molecule has 0 heterocycles. The highest BCUT2D eigenvalue weighted by molar-refractivity contribution is 5.91. The van der Waals surface area contributed by atoms with E-state index in [4.69, 9.17) is 9.47 Å². The Morgan fingerprint density at radius 3 is 2.70 bits per heavy atom. The number of methoxy groups -OCH3 is 1. The normalized spacial score (nSPS) is 10.9. The largest absolute Gasteiger partial charge is 0.382 e. The molecule has 0 saturated heterocycles. The smallest absolute Gasteiger partial charge is 0.244 e. The van der Waals surface area contributed by atoms with E-state index in [0.717, 1.165) is 12.0 Å². The van der Waals surface area contributed by atoms with Crippen molar-refractivity contribution in [2.24, 2.45) is 0 Å². The molecule has 1 aromatic carbocycles. The molecule has 5 heteroatoms. The van der Waals surface area contributed by atoms with Crippen LogP contribution in [0.25, 0.3) is 6.08 Å². The first-order chi connectivity index (χ1) is 9.72. The summed E-state index contributed by atoms with van der Waals surface area (Å²) >= 11 is 0. The number of rotatable bonds is 9. The number of hydrogen-bond donors (Lipinski definition) is 1. The van der Waals surface area contributed by atoms with E-state index in [0.29, 0.717) is 26.4 Å². The Morgan fingerprint density at radius 1 is 1.25 bits per heavy atom. The van der Waals surface area contributed by atoms with Crippen molar-refractivity contribution in [1.29, 1.82) is 0 Å². The van der Waals surface area contributed by atoms with E-state index < -0.39 is 0 Å². The summed E-state index contributed by atoms with van der Waals surface area (Å²) in [4.78, 5) is 11.5. The van der Waals surface area contributed by atoms with Gasteiger partial charge in [-0.1, -0.05) is 12.1 Å². The van der Waals surface area contributed by atoms with Gasteiger partial charge in [-0.05, 0) is 30.2 Å². The minimum Gasteiger partial charge on any atom is -0.382 e. The second-order valence-corrected chi connectivity index (χ2v) is 4.13. The van der Waals surface area contributed by atoms with Gasteiger partial charge in [0.25, 0.3) is 0 Å². The highest BCUT2D eigenvalue weighted by Crippen LogP contribution is 2.04. The first kappa shape index (κ1) is 16.3. The number of amides is 1. The lowest BCUT2D eigenvalue weighted by Crippen LogP contribution is -2.23. The second kappa shape index (κ2) is 10.1. The Hall–Kier alpha value is -1.72. The van der Waals surface area contributed by atoms with E-state index in [1.165, 1.54) is 18.2 Å². The predicted molar refractivity (Wildman–Crippen MR) is 75.8 cm³/mol. The zero-order valence-electron chi connectivity index (χ0n) is 11.6. The van der Waals surface area contributed by atoms with E-state index >= 15 is 0 Å². The minimum absolute atomic E-state index is 0.175. The number of halogens is 1. The maximum Gasteiger partial charge on any atom is 0.244 e. The summed E-state index contributed by atoms with van der Waals surface area (Å²) in [5.74, 6) is -0.466. The van der Waals surface area contributed by atoms with Crippen molar-refractivity contribution in [2.45, 2.75) is 6.42 Å². The van der Waals surface area contributed by atoms with Crippen molar-refractivity contribution in [3.05, 3.63) is 41.7 Å². The molecule has 1 rings (SSSR count). The van der Waals surface area contributed by atoms with Gasteiger partial charge in [-0.25, -0.2) is 4.39 Å². The zero-order chi connectivity index (χ0) is 14.6. The van der Waals surface area contributed by atoms with E-state index in [1.807, 2.05) is 0 Å². The summed E-state index contributed by atoms with van der Waals surface area (Å²) in [6, 6.07) is 5.94. The minimum atomic E-state index is -0.292. The topological polar surface area (TPSA) is 47.6 Å². The first-order valence-electron chi connectivity index (χ1n) is 6.50. The summed E-state index contributed by atoms with van der Waals surface area (Å²) in [7, 11) is 1.62. The molecule has 1 aromatic rings. The molecular formula is C15H20FNO3. The quantitative estimate of drug-likeness (QED) is 0.556. The third-order valence-electron chi connectivity index (χ3n) is 2.49. The number of carbonyl (C=O) groups is 1. The molecule has 0 bridgehead atoms. The fraction of sp³-hybridized carbons (Fsp3) is 0.400. The van der Waals surface area contributed by atoms with Crippen LogP contribution in [0, 0.1) is 5.82 Å². The molecule has 0 aliphatic rings. The van der Waals surface area contributed by atoms with Crippen LogP contribution in [0.5, 0.6) is 0 Å². The van der Waals surface area contributed by atoms with Gasteiger partial charge >= 0.3 is 0 Å².